The molecule has 0 fully saturated rings. The molecule has 0 aromatic carbocycles. The Morgan fingerprint density at radius 3 is 3.00 bits per heavy atom. The van der Waals surface area contributed by atoms with Gasteiger partial charge in [-0.3, -0.25) is 4.79 Å². The minimum Gasteiger partial charge on any atom is -0.363 e. The number of aliphatic imine (C=N–C) groups is 1. The van der Waals surface area contributed by atoms with Crippen molar-refractivity contribution in [2.75, 3.05) is 0 Å². The van der Waals surface area contributed by atoms with Crippen molar-refractivity contribution in [1.29, 1.82) is 0 Å². The van der Waals surface area contributed by atoms with E-state index in [9.17, 15) is 4.79 Å². The maximum Gasteiger partial charge on any atom is 0.285 e. The molecule has 1 aliphatic rings. The molecule has 0 aromatic heterocycles. The third-order valence-corrected chi connectivity index (χ3v) is 1.29. The average Bonchev–Trinajstić information content (AvgIpc) is 1.90. The predicted molar refractivity (Wildman–Crippen MR) is 36.5 cm³/mol. The lowest BCUT2D eigenvalue weighted by molar-refractivity contribution is -0.112. The number of carbonyl (C=O) groups is 1. The van der Waals surface area contributed by atoms with Gasteiger partial charge in [0.15, 0.2) is 0 Å². The summed E-state index contributed by atoms with van der Waals surface area (Å²) in [5, 5.41) is 1.71. The minimum absolute atomic E-state index is 0.197. The van der Waals surface area contributed by atoms with Crippen molar-refractivity contribution in [3.05, 3.63) is 11.6 Å². The molecule has 1 aliphatic heterocycles. The van der Waals surface area contributed by atoms with Crippen LogP contribution < -0.4 is 10.5 Å². The Kier molecular flexibility index (Phi) is 1.74. The molecule has 0 radical (unpaired) electrons. The number of amidine groups is 1. The summed E-state index contributed by atoms with van der Waals surface area (Å²) >= 11 is 1.27. The van der Waals surface area contributed by atoms with Gasteiger partial charge < -0.3 is 10.5 Å². The second-order valence-corrected chi connectivity index (χ2v) is 2.06. The maximum absolute atomic E-state index is 10.3. The Balaban J connectivity index is 2.68. The van der Waals surface area contributed by atoms with E-state index in [0.29, 0.717) is 0 Å². The van der Waals surface area contributed by atoms with Crippen LogP contribution in [0.3, 0.4) is 0 Å². The maximum atomic E-state index is 10.3. The van der Waals surface area contributed by atoms with Crippen molar-refractivity contribution in [3.8, 4) is 0 Å². The average molecular weight is 143 g/mol. The van der Waals surface area contributed by atoms with Gasteiger partial charge in [-0.2, -0.15) is 0 Å². The number of carbonyl (C=O) groups excluding carboxylic acids is 1. The molecule has 0 atom stereocenters. The molecule has 5 heteroatoms. The van der Waals surface area contributed by atoms with E-state index in [4.69, 9.17) is 5.73 Å². The van der Waals surface area contributed by atoms with E-state index in [1.165, 1.54) is 18.1 Å². The first-order valence-corrected chi connectivity index (χ1v) is 3.13. The van der Waals surface area contributed by atoms with Crippen molar-refractivity contribution < 1.29 is 4.79 Å². The monoisotopic (exact) mass is 143 g/mol. The van der Waals surface area contributed by atoms with Crippen LogP contribution in [-0.2, 0) is 4.79 Å². The van der Waals surface area contributed by atoms with Crippen molar-refractivity contribution in [2.24, 2.45) is 10.7 Å². The lowest BCUT2D eigenvalue weighted by atomic mass is 10.6. The molecule has 1 heterocycles. The van der Waals surface area contributed by atoms with Gasteiger partial charge in [0.2, 0.25) is 5.84 Å². The summed E-state index contributed by atoms with van der Waals surface area (Å²) in [4.78, 5) is 14.0. The van der Waals surface area contributed by atoms with Gasteiger partial charge >= 0.3 is 0 Å². The zero-order valence-electron chi connectivity index (χ0n) is 4.50. The van der Waals surface area contributed by atoms with E-state index in [-0.39, 0.29) is 5.84 Å². The fraction of sp³-hybridized carbons (Fsp3) is 0. The molecule has 0 bridgehead atoms. The van der Waals surface area contributed by atoms with Crippen molar-refractivity contribution in [2.45, 2.75) is 0 Å². The molecule has 0 spiro atoms. The highest BCUT2D eigenvalue weighted by Crippen LogP contribution is 2.00. The van der Waals surface area contributed by atoms with Gasteiger partial charge in [-0.25, -0.2) is 4.99 Å². The Morgan fingerprint density at radius 1 is 1.89 bits per heavy atom. The van der Waals surface area contributed by atoms with Gasteiger partial charge in [-0.1, -0.05) is 0 Å². The summed E-state index contributed by atoms with van der Waals surface area (Å²) in [7, 11) is 0. The van der Waals surface area contributed by atoms with E-state index >= 15 is 0 Å². The number of nitrogens with two attached hydrogens (primary N) is 1. The summed E-state index contributed by atoms with van der Waals surface area (Å²) < 4.78 is 2.62. The van der Waals surface area contributed by atoms with E-state index in [1.807, 2.05) is 0 Å². The molecular formula is C4H5N3OS. The van der Waals surface area contributed by atoms with E-state index in [0.717, 1.165) is 0 Å². The lowest BCUT2D eigenvalue weighted by Crippen LogP contribution is -2.32. The molecule has 0 aromatic rings. The molecule has 0 saturated carbocycles. The summed E-state index contributed by atoms with van der Waals surface area (Å²) in [5.41, 5.74) is 4.89. The van der Waals surface area contributed by atoms with E-state index < -0.39 is 5.91 Å². The van der Waals surface area contributed by atoms with Gasteiger partial charge in [0.1, 0.15) is 0 Å². The molecular weight excluding hydrogens is 138 g/mol. The number of hydrogen-bond acceptors (Lipinski definition) is 4. The van der Waals surface area contributed by atoms with Crippen LogP contribution in [0, 0.1) is 0 Å². The second-order valence-electron chi connectivity index (χ2n) is 1.35. The summed E-state index contributed by atoms with van der Waals surface area (Å²) in [6.07, 6.45) is 1.52. The summed E-state index contributed by atoms with van der Waals surface area (Å²) in [6.45, 7) is 0. The van der Waals surface area contributed by atoms with Crippen molar-refractivity contribution in [3.63, 3.8) is 0 Å². The number of primary amides is 1. The normalized spacial score (nSPS) is 16.2. The number of nitrogens with zero attached hydrogens (tertiary/aromatic N) is 1. The summed E-state index contributed by atoms with van der Waals surface area (Å²) in [5.74, 6) is -0.339. The lowest BCUT2D eigenvalue weighted by Gasteiger charge is -2.03. The van der Waals surface area contributed by atoms with Crippen LogP contribution in [-0.4, -0.2) is 11.7 Å². The third kappa shape index (κ3) is 1.46. The summed E-state index contributed by atoms with van der Waals surface area (Å²) in [6, 6.07) is 0. The smallest absolute Gasteiger partial charge is 0.285 e. The quantitative estimate of drug-likeness (QED) is 0.490. The zero-order valence-corrected chi connectivity index (χ0v) is 5.31. The van der Waals surface area contributed by atoms with Crippen LogP contribution in [0.1, 0.15) is 0 Å². The van der Waals surface area contributed by atoms with Crippen molar-refractivity contribution in [1.82, 2.24) is 4.72 Å². The first-order valence-electron chi connectivity index (χ1n) is 2.25. The second kappa shape index (κ2) is 2.54. The number of nitrogens with one attached hydrogen (secondary N) is 1. The highest BCUT2D eigenvalue weighted by atomic mass is 32.2. The third-order valence-electron chi connectivity index (χ3n) is 0.722. The Morgan fingerprint density at radius 2 is 2.67 bits per heavy atom. The SMILES string of the molecule is NC(=O)C1=NC=CSN1. The molecule has 0 aliphatic carbocycles. The molecule has 0 unspecified atom stereocenters. The van der Waals surface area contributed by atoms with Crippen LogP contribution in [0.25, 0.3) is 0 Å². The molecule has 1 amide bonds. The molecule has 4 nitrogen and oxygen atoms in total. The topological polar surface area (TPSA) is 67.5 Å². The first kappa shape index (κ1) is 6.15. The van der Waals surface area contributed by atoms with Gasteiger partial charge in [0, 0.05) is 11.6 Å². The van der Waals surface area contributed by atoms with Crippen molar-refractivity contribution >= 4 is 23.7 Å². The molecule has 3 N–H and O–H groups in total. The van der Waals surface area contributed by atoms with Crippen LogP contribution in [0.2, 0.25) is 0 Å². The number of hydrogen-bond donors (Lipinski definition) is 2. The highest BCUT2D eigenvalue weighted by molar-refractivity contribution is 8.00. The van der Waals surface area contributed by atoms with Crippen LogP contribution in [0.4, 0.5) is 0 Å². The zero-order chi connectivity index (χ0) is 6.69. The van der Waals surface area contributed by atoms with Crippen LogP contribution in [0.15, 0.2) is 16.6 Å². The Hall–Kier alpha value is -0.970. The van der Waals surface area contributed by atoms with Gasteiger partial charge in [-0.15, -0.1) is 0 Å². The molecule has 0 saturated heterocycles. The van der Waals surface area contributed by atoms with Gasteiger partial charge in [-0.05, 0) is 11.9 Å². The van der Waals surface area contributed by atoms with Crippen LogP contribution in [0.5, 0.6) is 0 Å². The van der Waals surface area contributed by atoms with E-state index in [1.54, 1.807) is 5.41 Å². The van der Waals surface area contributed by atoms with Gasteiger partial charge in [0.25, 0.3) is 5.91 Å². The van der Waals surface area contributed by atoms with Gasteiger partial charge in [0.05, 0.1) is 0 Å². The molecule has 1 rings (SSSR count). The van der Waals surface area contributed by atoms with Crippen LogP contribution >= 0.6 is 11.9 Å². The first-order chi connectivity index (χ1) is 4.30. The minimum atomic E-state index is -0.535. The fourth-order valence-electron chi connectivity index (χ4n) is 0.365. The molecule has 48 valence electrons. The standard InChI is InChI=1S/C4H5N3OS/c5-3(8)4-6-1-2-9-7-4/h1-2H,(H2,5,8)(H,6,7). The largest absolute Gasteiger partial charge is 0.363 e. The van der Waals surface area contributed by atoms with E-state index in [2.05, 4.69) is 9.71 Å². The fourth-order valence-corrected chi connectivity index (χ4v) is 0.820. The number of rotatable bonds is 1. The molecule has 9 heavy (non-hydrogen) atoms. The number of amides is 1. The predicted octanol–water partition coefficient (Wildman–Crippen LogP) is -0.407. The highest BCUT2D eigenvalue weighted by Gasteiger charge is 2.05. The Bertz CT molecular complexity index is 186. The Labute approximate surface area is 56.3 Å².